The zero-order valence-electron chi connectivity index (χ0n) is 40.8. The molecule has 0 amide bonds. The van der Waals surface area contributed by atoms with Gasteiger partial charge in [-0.1, -0.05) is 212 Å². The van der Waals surface area contributed by atoms with Crippen molar-refractivity contribution in [1.29, 1.82) is 0 Å². The number of pyridine rings is 1. The van der Waals surface area contributed by atoms with Crippen LogP contribution in [0.4, 0.5) is 17.2 Å². The highest BCUT2D eigenvalue weighted by Gasteiger charge is 2.51. The molecule has 4 heterocycles. The first-order valence-corrected chi connectivity index (χ1v) is 29.4. The van der Waals surface area contributed by atoms with Gasteiger partial charge in [0, 0.05) is 46.6 Å². The number of anilines is 3. The number of hydrogen-bond donors (Lipinski definition) is 0. The summed E-state index contributed by atoms with van der Waals surface area (Å²) in [7, 11) is -4.28. The summed E-state index contributed by atoms with van der Waals surface area (Å²) in [6, 6.07) is 102. The van der Waals surface area contributed by atoms with Gasteiger partial charge in [0.25, 0.3) is 0 Å². The average Bonchev–Trinajstić information content (AvgIpc) is 4.01. The monoisotopic (exact) mass is 979 g/mol. The zero-order chi connectivity index (χ0) is 49.2. The molecule has 0 atom stereocenters. The number of rotatable bonds is 9. The number of para-hydroxylation sites is 4. The number of benzene rings is 10. The lowest BCUT2D eigenvalue weighted by Gasteiger charge is -2.45. The summed E-state index contributed by atoms with van der Waals surface area (Å²) in [6.45, 7) is 0. The van der Waals surface area contributed by atoms with Crippen molar-refractivity contribution in [2.24, 2.45) is 7.05 Å². The maximum atomic E-state index is 5.26. The molecule has 0 N–H and O–H groups in total. The average molecular weight is 980 g/mol. The number of aryl methyl sites for hydroxylation is 1. The van der Waals surface area contributed by atoms with E-state index in [4.69, 9.17) is 9.97 Å². The first-order valence-electron chi connectivity index (χ1n) is 25.4. The Morgan fingerprint density at radius 3 is 1.64 bits per heavy atom. The molecule has 0 fully saturated rings. The van der Waals surface area contributed by atoms with E-state index in [0.29, 0.717) is 0 Å². The van der Waals surface area contributed by atoms with Crippen LogP contribution in [-0.2, 0) is 7.05 Å². The molecular weight excluding hydrogens is 931 g/mol. The summed E-state index contributed by atoms with van der Waals surface area (Å²) < 4.78 is 4.70. The molecule has 0 saturated heterocycles. The maximum absolute atomic E-state index is 5.26. The van der Waals surface area contributed by atoms with E-state index in [2.05, 4.69) is 288 Å². The van der Waals surface area contributed by atoms with E-state index in [9.17, 15) is 0 Å². The maximum Gasteiger partial charge on any atom is 0.184 e. The predicted octanol–water partition coefficient (Wildman–Crippen LogP) is 10.3. The summed E-state index contributed by atoms with van der Waals surface area (Å²) in [4.78, 5) is 13.0. The summed E-state index contributed by atoms with van der Waals surface area (Å²) in [5, 5.41) is 12.9. The molecule has 10 aromatic carbocycles. The second kappa shape index (κ2) is 17.6. The minimum atomic E-state index is -3.21. The fourth-order valence-corrected chi connectivity index (χ4v) is 22.3. The van der Waals surface area contributed by atoms with Crippen molar-refractivity contribution in [2.45, 2.75) is 0 Å². The van der Waals surface area contributed by atoms with Crippen molar-refractivity contribution in [3.63, 3.8) is 0 Å². The van der Waals surface area contributed by atoms with Crippen LogP contribution in [0.3, 0.4) is 0 Å². The smallest absolute Gasteiger partial charge is 0.184 e. The summed E-state index contributed by atoms with van der Waals surface area (Å²) >= 11 is 0. The van der Waals surface area contributed by atoms with Crippen LogP contribution in [0.15, 0.2) is 279 Å². The number of imidazole rings is 1. The molecule has 3 aromatic heterocycles. The SMILES string of the molecule is Cn1c(-c2cccc([Si](c3ccccc3)(c3ccccc3)c3ccc4c(c3)N(c3ccccn3)c3cc5c6ccccc6n(-c6ccccc6)c5cc3[Si]4(c3ccccc3)c3ccccc3)c2)nc2ccccc21. The van der Waals surface area contributed by atoms with Crippen molar-refractivity contribution < 1.29 is 0 Å². The van der Waals surface area contributed by atoms with Gasteiger partial charge in [-0.25, -0.2) is 9.97 Å². The lowest BCUT2D eigenvalue weighted by molar-refractivity contribution is 0.959. The molecule has 0 saturated carbocycles. The van der Waals surface area contributed by atoms with Crippen LogP contribution in [-0.4, -0.2) is 35.2 Å². The first kappa shape index (κ1) is 43.6. The van der Waals surface area contributed by atoms with Gasteiger partial charge in [-0.3, -0.25) is 4.90 Å². The topological polar surface area (TPSA) is 38.9 Å². The second-order valence-corrected chi connectivity index (χ2v) is 26.9. The van der Waals surface area contributed by atoms with E-state index < -0.39 is 16.1 Å². The van der Waals surface area contributed by atoms with Gasteiger partial charge in [-0.15, -0.1) is 0 Å². The standard InChI is InChI=1S/C67H49N5Si2/c1-70-60-39-20-18-37-58(60)69-67(70)48-24-23-35-54(44-48)73(50-27-9-3-10-28-50,51-29-11-4-12-30-51)55-41-42-64-62(45-55)72(66-40-21-22-43-68-66)63-46-57-56-36-17-19-38-59(56)71(49-25-7-2-8-26-49)61(57)47-65(63)74(64,52-31-13-5-14-32-52)53-33-15-6-16-34-53/h2-47H,1H3. The van der Waals surface area contributed by atoms with E-state index in [1.807, 2.05) is 12.3 Å². The third-order valence-corrected chi connectivity index (χ3v) is 25.2. The summed E-state index contributed by atoms with van der Waals surface area (Å²) in [5.74, 6) is 1.82. The van der Waals surface area contributed by atoms with E-state index >= 15 is 0 Å². The van der Waals surface area contributed by atoms with Gasteiger partial charge >= 0.3 is 0 Å². The quantitative estimate of drug-likeness (QED) is 0.107. The zero-order valence-corrected chi connectivity index (χ0v) is 42.8. The van der Waals surface area contributed by atoms with E-state index in [1.54, 1.807) is 0 Å². The summed E-state index contributed by atoms with van der Waals surface area (Å²) in [5.41, 5.74) is 8.97. The van der Waals surface area contributed by atoms with E-state index in [1.165, 1.54) is 63.3 Å². The molecule has 74 heavy (non-hydrogen) atoms. The third kappa shape index (κ3) is 6.53. The highest BCUT2D eigenvalue weighted by Crippen LogP contribution is 2.42. The molecule has 13 aromatic rings. The molecule has 0 bridgehead atoms. The highest BCUT2D eigenvalue weighted by molar-refractivity contribution is 7.22. The lowest BCUT2D eigenvalue weighted by Crippen LogP contribution is -2.78. The van der Waals surface area contributed by atoms with Crippen LogP contribution in [0.25, 0.3) is 49.9 Å². The molecule has 0 aliphatic carbocycles. The predicted molar refractivity (Wildman–Crippen MR) is 314 cm³/mol. The van der Waals surface area contributed by atoms with Crippen LogP contribution in [0, 0.1) is 0 Å². The molecule has 1 aliphatic rings. The minimum absolute atomic E-state index is 0.873. The third-order valence-electron chi connectivity index (χ3n) is 15.6. The molecule has 0 radical (unpaired) electrons. The molecular formula is C67H49N5Si2. The van der Waals surface area contributed by atoms with E-state index in [-0.39, 0.29) is 0 Å². The number of fused-ring (bicyclic) bond motifs is 6. The largest absolute Gasteiger partial charge is 0.327 e. The lowest BCUT2D eigenvalue weighted by atomic mass is 10.1. The molecule has 14 rings (SSSR count). The van der Waals surface area contributed by atoms with Crippen LogP contribution in [0.1, 0.15) is 0 Å². The Balaban J connectivity index is 1.13. The van der Waals surface area contributed by atoms with Gasteiger partial charge in [0.1, 0.15) is 11.6 Å². The normalized spacial score (nSPS) is 13.0. The number of aromatic nitrogens is 4. The van der Waals surface area contributed by atoms with Crippen molar-refractivity contribution in [1.82, 2.24) is 19.1 Å². The van der Waals surface area contributed by atoms with Crippen LogP contribution < -0.4 is 46.4 Å². The van der Waals surface area contributed by atoms with Gasteiger partial charge < -0.3 is 9.13 Å². The van der Waals surface area contributed by atoms with Crippen molar-refractivity contribution in [3.05, 3.63) is 279 Å². The van der Waals surface area contributed by atoms with Crippen molar-refractivity contribution in [2.75, 3.05) is 4.90 Å². The number of nitrogens with zero attached hydrogens (tertiary/aromatic N) is 5. The Bertz CT molecular complexity index is 4120. The first-order chi connectivity index (χ1) is 36.6. The Hall–Kier alpha value is -9.15. The molecule has 350 valence electrons. The minimum Gasteiger partial charge on any atom is -0.327 e. The van der Waals surface area contributed by atoms with E-state index in [0.717, 1.165) is 45.3 Å². The number of hydrogen-bond acceptors (Lipinski definition) is 3. The van der Waals surface area contributed by atoms with Gasteiger partial charge in [-0.05, 0) is 102 Å². The second-order valence-electron chi connectivity index (χ2n) is 19.4. The fourth-order valence-electron chi connectivity index (χ4n) is 12.5. The van der Waals surface area contributed by atoms with Crippen molar-refractivity contribution >= 4 is 108 Å². The Morgan fingerprint density at radius 1 is 0.405 bits per heavy atom. The Labute approximate surface area is 432 Å². The highest BCUT2D eigenvalue weighted by atomic mass is 28.3. The van der Waals surface area contributed by atoms with Gasteiger partial charge in [0.15, 0.2) is 16.1 Å². The van der Waals surface area contributed by atoms with Gasteiger partial charge in [0.05, 0.1) is 22.1 Å². The Morgan fingerprint density at radius 2 is 0.973 bits per heavy atom. The molecule has 7 heteroatoms. The molecule has 0 spiro atoms. The fraction of sp³-hybridized carbons (Fsp3) is 0.0149. The van der Waals surface area contributed by atoms with Gasteiger partial charge in [-0.2, -0.15) is 0 Å². The van der Waals surface area contributed by atoms with Crippen LogP contribution in [0.5, 0.6) is 0 Å². The molecule has 5 nitrogen and oxygen atoms in total. The Kier molecular flexibility index (Phi) is 10.4. The van der Waals surface area contributed by atoms with Crippen LogP contribution >= 0.6 is 0 Å². The van der Waals surface area contributed by atoms with Crippen molar-refractivity contribution in [3.8, 4) is 17.1 Å². The van der Waals surface area contributed by atoms with Crippen LogP contribution in [0.2, 0.25) is 0 Å². The summed E-state index contributed by atoms with van der Waals surface area (Å²) in [6.07, 6.45) is 1.94. The molecule has 1 aliphatic heterocycles. The molecule has 0 unspecified atom stereocenters. The van der Waals surface area contributed by atoms with Gasteiger partial charge in [0.2, 0.25) is 0 Å².